The molecule has 1 unspecified atom stereocenters. The third kappa shape index (κ3) is 4.45. The van der Waals surface area contributed by atoms with E-state index in [0.717, 1.165) is 12.1 Å². The van der Waals surface area contributed by atoms with Gasteiger partial charge in [0.05, 0.1) is 24.6 Å². The number of nitrogens with two attached hydrogens (primary N) is 1. The Hall–Kier alpha value is -1.42. The molecule has 18 heavy (non-hydrogen) atoms. The summed E-state index contributed by atoms with van der Waals surface area (Å²) in [6.07, 6.45) is 0.347. The Morgan fingerprint density at radius 3 is 2.61 bits per heavy atom. The van der Waals surface area contributed by atoms with Crippen LogP contribution in [0.2, 0.25) is 0 Å². The number of nitrogens with one attached hydrogen (secondary N) is 1. The van der Waals surface area contributed by atoms with Gasteiger partial charge in [0.25, 0.3) is 0 Å². The number of nitrogen functional groups attached to an aromatic ring is 1. The van der Waals surface area contributed by atoms with Crippen LogP contribution >= 0.6 is 0 Å². The molecule has 0 spiro atoms. The molecule has 1 rings (SSSR count). The molecule has 0 aliphatic carbocycles. The molecule has 0 bridgehead atoms. The average molecular weight is 252 g/mol. The maximum atomic E-state index is 9.93. The lowest BCUT2D eigenvalue weighted by molar-refractivity contribution is 0.132. The Balaban J connectivity index is 2.58. The van der Waals surface area contributed by atoms with Gasteiger partial charge in [0, 0.05) is 6.54 Å². The van der Waals surface area contributed by atoms with Crippen LogP contribution in [-0.2, 0) is 0 Å². The summed E-state index contributed by atoms with van der Waals surface area (Å²) in [6.45, 7) is 6.80. The van der Waals surface area contributed by atoms with Crippen molar-refractivity contribution in [2.24, 2.45) is 5.41 Å². The first-order chi connectivity index (χ1) is 8.33. The molecule has 0 saturated carbocycles. The lowest BCUT2D eigenvalue weighted by atomic mass is 9.89. The van der Waals surface area contributed by atoms with E-state index in [1.807, 2.05) is 18.2 Å². The highest BCUT2D eigenvalue weighted by atomic mass is 16.5. The second kappa shape index (κ2) is 5.96. The van der Waals surface area contributed by atoms with Gasteiger partial charge in [-0.2, -0.15) is 0 Å². The van der Waals surface area contributed by atoms with Gasteiger partial charge in [-0.1, -0.05) is 26.8 Å². The molecule has 1 aromatic carbocycles. The minimum atomic E-state index is -0.393. The Morgan fingerprint density at radius 1 is 1.39 bits per heavy atom. The smallest absolute Gasteiger partial charge is 0.143 e. The van der Waals surface area contributed by atoms with Crippen molar-refractivity contribution in [1.82, 2.24) is 0 Å². The molecule has 4 heteroatoms. The van der Waals surface area contributed by atoms with Crippen LogP contribution in [0, 0.1) is 5.41 Å². The zero-order valence-corrected chi connectivity index (χ0v) is 11.7. The maximum Gasteiger partial charge on any atom is 0.143 e. The van der Waals surface area contributed by atoms with Crippen molar-refractivity contribution >= 4 is 11.4 Å². The first kappa shape index (κ1) is 14.6. The fourth-order valence-electron chi connectivity index (χ4n) is 1.88. The molecule has 0 fully saturated rings. The summed E-state index contributed by atoms with van der Waals surface area (Å²) in [6, 6.07) is 5.56. The number of anilines is 2. The van der Waals surface area contributed by atoms with Gasteiger partial charge in [-0.15, -0.1) is 0 Å². The molecule has 0 heterocycles. The van der Waals surface area contributed by atoms with E-state index in [2.05, 4.69) is 26.1 Å². The van der Waals surface area contributed by atoms with Crippen LogP contribution in [0.3, 0.4) is 0 Å². The number of benzene rings is 1. The SMILES string of the molecule is COc1cccc(NCC(O)CC(C)(C)C)c1N. The number of ether oxygens (including phenoxy) is 1. The van der Waals surface area contributed by atoms with Gasteiger partial charge < -0.3 is 20.9 Å². The van der Waals surface area contributed by atoms with Gasteiger partial charge in [0.1, 0.15) is 5.75 Å². The third-order valence-corrected chi connectivity index (χ3v) is 2.66. The van der Waals surface area contributed by atoms with Crippen LogP contribution in [0.4, 0.5) is 11.4 Å². The molecule has 0 radical (unpaired) electrons. The summed E-state index contributed by atoms with van der Waals surface area (Å²) in [5.41, 5.74) is 7.42. The molecule has 102 valence electrons. The van der Waals surface area contributed by atoms with Crippen LogP contribution in [0.15, 0.2) is 18.2 Å². The lowest BCUT2D eigenvalue weighted by Gasteiger charge is -2.23. The number of para-hydroxylation sites is 1. The van der Waals surface area contributed by atoms with Crippen molar-refractivity contribution in [1.29, 1.82) is 0 Å². The summed E-state index contributed by atoms with van der Waals surface area (Å²) in [5.74, 6) is 0.644. The fraction of sp³-hybridized carbons (Fsp3) is 0.571. The second-order valence-electron chi connectivity index (χ2n) is 5.72. The molecular weight excluding hydrogens is 228 g/mol. The van der Waals surface area contributed by atoms with Crippen molar-refractivity contribution in [3.05, 3.63) is 18.2 Å². The lowest BCUT2D eigenvalue weighted by Crippen LogP contribution is -2.25. The highest BCUT2D eigenvalue weighted by Gasteiger charge is 2.16. The van der Waals surface area contributed by atoms with Gasteiger partial charge in [-0.25, -0.2) is 0 Å². The van der Waals surface area contributed by atoms with Crippen LogP contribution in [0.25, 0.3) is 0 Å². The monoisotopic (exact) mass is 252 g/mol. The average Bonchev–Trinajstić information content (AvgIpc) is 2.25. The quantitative estimate of drug-likeness (QED) is 0.704. The summed E-state index contributed by atoms with van der Waals surface area (Å²) in [5, 5.41) is 13.1. The first-order valence-corrected chi connectivity index (χ1v) is 6.18. The van der Waals surface area contributed by atoms with Gasteiger partial charge in [0.15, 0.2) is 0 Å². The van der Waals surface area contributed by atoms with E-state index in [9.17, 15) is 5.11 Å². The Bertz CT molecular complexity index is 386. The highest BCUT2D eigenvalue weighted by molar-refractivity contribution is 5.72. The zero-order valence-electron chi connectivity index (χ0n) is 11.7. The van der Waals surface area contributed by atoms with Crippen molar-refractivity contribution in [3.63, 3.8) is 0 Å². The van der Waals surface area contributed by atoms with Gasteiger partial charge >= 0.3 is 0 Å². The van der Waals surface area contributed by atoms with E-state index in [1.165, 1.54) is 0 Å². The largest absolute Gasteiger partial charge is 0.495 e. The normalized spacial score (nSPS) is 13.2. The Labute approximate surface area is 109 Å². The standard InChI is InChI=1S/C14H24N2O2/c1-14(2,3)8-10(17)9-16-11-6-5-7-12(18-4)13(11)15/h5-7,10,16-17H,8-9,15H2,1-4H3. The molecule has 0 amide bonds. The van der Waals surface area contributed by atoms with E-state index in [0.29, 0.717) is 18.0 Å². The van der Waals surface area contributed by atoms with Crippen LogP contribution < -0.4 is 15.8 Å². The molecule has 4 nitrogen and oxygen atoms in total. The third-order valence-electron chi connectivity index (χ3n) is 2.66. The molecule has 4 N–H and O–H groups in total. The van der Waals surface area contributed by atoms with Crippen LogP contribution in [0.1, 0.15) is 27.2 Å². The predicted molar refractivity (Wildman–Crippen MR) is 76.0 cm³/mol. The molecule has 0 aliphatic rings. The Kier molecular flexibility index (Phi) is 4.84. The van der Waals surface area contributed by atoms with Gasteiger partial charge in [-0.3, -0.25) is 0 Å². The molecule has 0 aliphatic heterocycles. The van der Waals surface area contributed by atoms with E-state index >= 15 is 0 Å². The maximum absolute atomic E-state index is 9.93. The van der Waals surface area contributed by atoms with E-state index in [4.69, 9.17) is 10.5 Å². The molecular formula is C14H24N2O2. The second-order valence-corrected chi connectivity index (χ2v) is 5.72. The topological polar surface area (TPSA) is 67.5 Å². The number of aliphatic hydroxyl groups is 1. The summed E-state index contributed by atoms with van der Waals surface area (Å²) < 4.78 is 5.15. The first-order valence-electron chi connectivity index (χ1n) is 6.18. The number of aliphatic hydroxyl groups excluding tert-OH is 1. The van der Waals surface area contributed by atoms with Crippen LogP contribution in [0.5, 0.6) is 5.75 Å². The Morgan fingerprint density at radius 2 is 2.06 bits per heavy atom. The number of hydrogen-bond acceptors (Lipinski definition) is 4. The van der Waals surface area contributed by atoms with Gasteiger partial charge in [0.2, 0.25) is 0 Å². The molecule has 0 saturated heterocycles. The molecule has 0 aromatic heterocycles. The number of methoxy groups -OCH3 is 1. The van der Waals surface area contributed by atoms with E-state index in [1.54, 1.807) is 7.11 Å². The van der Waals surface area contributed by atoms with Crippen molar-refractivity contribution < 1.29 is 9.84 Å². The van der Waals surface area contributed by atoms with E-state index < -0.39 is 6.10 Å². The minimum Gasteiger partial charge on any atom is -0.495 e. The predicted octanol–water partition coefficient (Wildman–Crippen LogP) is 2.49. The van der Waals surface area contributed by atoms with Gasteiger partial charge in [-0.05, 0) is 24.0 Å². The van der Waals surface area contributed by atoms with Crippen molar-refractivity contribution in [3.8, 4) is 5.75 Å². The summed E-state index contributed by atoms with van der Waals surface area (Å²) in [4.78, 5) is 0. The summed E-state index contributed by atoms with van der Waals surface area (Å²) >= 11 is 0. The fourth-order valence-corrected chi connectivity index (χ4v) is 1.88. The number of rotatable bonds is 5. The van der Waals surface area contributed by atoms with Crippen molar-refractivity contribution in [2.75, 3.05) is 24.7 Å². The highest BCUT2D eigenvalue weighted by Crippen LogP contribution is 2.29. The molecule has 1 aromatic rings. The van der Waals surface area contributed by atoms with E-state index in [-0.39, 0.29) is 5.41 Å². The molecule has 1 atom stereocenters. The number of hydrogen-bond donors (Lipinski definition) is 3. The van der Waals surface area contributed by atoms with Crippen LogP contribution in [-0.4, -0.2) is 24.9 Å². The minimum absolute atomic E-state index is 0.112. The zero-order chi connectivity index (χ0) is 13.8. The van der Waals surface area contributed by atoms with Crippen molar-refractivity contribution in [2.45, 2.75) is 33.3 Å². The summed E-state index contributed by atoms with van der Waals surface area (Å²) in [7, 11) is 1.59.